The van der Waals surface area contributed by atoms with Crippen molar-refractivity contribution in [3.8, 4) is 0 Å². The third kappa shape index (κ3) is 1.48. The molecule has 3 rings (SSSR count). The average molecular weight is 250 g/mol. The number of aromatic nitrogens is 1. The summed E-state index contributed by atoms with van der Waals surface area (Å²) in [6.45, 7) is 1.18. The minimum Gasteiger partial charge on any atom is -0.328 e. The largest absolute Gasteiger partial charge is 0.328 e. The molecule has 1 saturated heterocycles. The van der Waals surface area contributed by atoms with E-state index in [4.69, 9.17) is 5.73 Å². The molecule has 17 heavy (non-hydrogen) atoms. The van der Waals surface area contributed by atoms with Crippen molar-refractivity contribution in [2.75, 3.05) is 20.1 Å². The van der Waals surface area contributed by atoms with Crippen LogP contribution in [0.3, 0.4) is 0 Å². The van der Waals surface area contributed by atoms with E-state index in [1.807, 2.05) is 17.3 Å². The minimum atomic E-state index is -0.0325. The molecule has 2 atom stereocenters. The van der Waals surface area contributed by atoms with E-state index in [1.54, 1.807) is 22.4 Å². The van der Waals surface area contributed by atoms with Crippen LogP contribution in [0.5, 0.6) is 0 Å². The second-order valence-electron chi connectivity index (χ2n) is 4.32. The highest BCUT2D eigenvalue weighted by molar-refractivity contribution is 7.10. The topological polar surface area (TPSA) is 62.5 Å². The molecule has 1 aromatic heterocycles. The predicted molar refractivity (Wildman–Crippen MR) is 66.6 cm³/mol. The number of carbonyl (C=O) groups is 1. The summed E-state index contributed by atoms with van der Waals surface area (Å²) in [5.74, 6) is 0. The van der Waals surface area contributed by atoms with E-state index >= 15 is 0 Å². The lowest BCUT2D eigenvalue weighted by atomic mass is 9.99. The maximum Gasteiger partial charge on any atom is 0.320 e. The number of hydrogen-bond donors (Lipinski definition) is 1. The molecule has 0 aromatic carbocycles. The molecule has 0 spiro atoms. The first kappa shape index (κ1) is 10.7. The quantitative estimate of drug-likeness (QED) is 0.836. The number of hydrogen-bond acceptors (Lipinski definition) is 4. The van der Waals surface area contributed by atoms with Gasteiger partial charge in [-0.3, -0.25) is 0 Å². The smallest absolute Gasteiger partial charge is 0.320 e. The van der Waals surface area contributed by atoms with Gasteiger partial charge in [0.25, 0.3) is 0 Å². The summed E-state index contributed by atoms with van der Waals surface area (Å²) in [5.41, 5.74) is 6.91. The Morgan fingerprint density at radius 3 is 3.12 bits per heavy atom. The van der Waals surface area contributed by atoms with Crippen molar-refractivity contribution >= 4 is 22.9 Å². The average Bonchev–Trinajstić information content (AvgIpc) is 2.94. The van der Waals surface area contributed by atoms with Gasteiger partial charge in [-0.05, 0) is 0 Å². The van der Waals surface area contributed by atoms with Crippen molar-refractivity contribution in [1.29, 1.82) is 0 Å². The predicted octanol–water partition coefficient (Wildman–Crippen LogP) is 0.603. The molecule has 6 heteroatoms. The van der Waals surface area contributed by atoms with Crippen LogP contribution in [-0.2, 0) is 0 Å². The molecule has 0 radical (unpaired) electrons. The van der Waals surface area contributed by atoms with Gasteiger partial charge in [-0.25, -0.2) is 9.78 Å². The van der Waals surface area contributed by atoms with Gasteiger partial charge in [0.2, 0.25) is 0 Å². The highest BCUT2D eigenvalue weighted by Gasteiger charge is 2.43. The number of rotatable bonds is 2. The third-order valence-corrected chi connectivity index (χ3v) is 4.26. The Morgan fingerprint density at radius 1 is 1.65 bits per heavy atom. The van der Waals surface area contributed by atoms with Crippen molar-refractivity contribution in [3.05, 3.63) is 22.7 Å². The highest BCUT2D eigenvalue weighted by atomic mass is 32.1. The van der Waals surface area contributed by atoms with Gasteiger partial charge in [-0.15, -0.1) is 11.3 Å². The number of fused-ring (bicyclic) bond motifs is 2. The van der Waals surface area contributed by atoms with Crippen LogP contribution in [-0.4, -0.2) is 53.0 Å². The van der Waals surface area contributed by atoms with Gasteiger partial charge in [0, 0.05) is 37.3 Å². The summed E-state index contributed by atoms with van der Waals surface area (Å²) in [6.07, 6.45) is 3.92. The van der Waals surface area contributed by atoms with Gasteiger partial charge in [0.05, 0.1) is 12.1 Å². The summed E-state index contributed by atoms with van der Waals surface area (Å²) in [7, 11) is 1.84. The molecule has 0 unspecified atom stereocenters. The van der Waals surface area contributed by atoms with Crippen LogP contribution in [0.15, 0.2) is 17.7 Å². The van der Waals surface area contributed by atoms with Crippen LogP contribution in [0.2, 0.25) is 0 Å². The lowest BCUT2D eigenvalue weighted by Gasteiger charge is -2.30. The molecule has 3 heterocycles. The van der Waals surface area contributed by atoms with Crippen LogP contribution in [0.4, 0.5) is 4.79 Å². The molecule has 2 aliphatic heterocycles. The van der Waals surface area contributed by atoms with Gasteiger partial charge in [0.15, 0.2) is 0 Å². The fourth-order valence-corrected chi connectivity index (χ4v) is 3.20. The van der Waals surface area contributed by atoms with Crippen LogP contribution >= 0.6 is 11.3 Å². The van der Waals surface area contributed by atoms with Crippen molar-refractivity contribution in [2.45, 2.75) is 12.1 Å². The van der Waals surface area contributed by atoms with E-state index in [0.29, 0.717) is 6.54 Å². The molecule has 90 valence electrons. The number of nitrogens with zero attached hydrogens (tertiary/aromatic N) is 3. The lowest BCUT2D eigenvalue weighted by molar-refractivity contribution is 0.192. The van der Waals surface area contributed by atoms with Crippen molar-refractivity contribution in [1.82, 2.24) is 14.8 Å². The van der Waals surface area contributed by atoms with Gasteiger partial charge in [0.1, 0.15) is 5.01 Å². The van der Waals surface area contributed by atoms with Gasteiger partial charge < -0.3 is 15.5 Å². The zero-order valence-corrected chi connectivity index (χ0v) is 10.4. The summed E-state index contributed by atoms with van der Waals surface area (Å²) in [4.78, 5) is 20.0. The molecular formula is C11H14N4OS. The fourth-order valence-electron chi connectivity index (χ4n) is 2.49. The maximum absolute atomic E-state index is 12.0. The second kappa shape index (κ2) is 3.82. The first-order valence-corrected chi connectivity index (χ1v) is 6.45. The van der Waals surface area contributed by atoms with E-state index in [0.717, 1.165) is 17.1 Å². The molecule has 0 aliphatic carbocycles. The number of amides is 2. The summed E-state index contributed by atoms with van der Waals surface area (Å²) in [6, 6.07) is 0.187. The monoisotopic (exact) mass is 250 g/mol. The highest BCUT2D eigenvalue weighted by Crippen LogP contribution is 2.33. The van der Waals surface area contributed by atoms with Crippen molar-refractivity contribution in [3.63, 3.8) is 0 Å². The zero-order valence-electron chi connectivity index (χ0n) is 9.54. The number of thiazole rings is 1. The SMILES string of the molecule is CN1C(=O)N2C[C@H]1C=C(c1nccs1)[C@H]2CN. The Kier molecular flexibility index (Phi) is 2.41. The van der Waals surface area contributed by atoms with Gasteiger partial charge in [-0.2, -0.15) is 0 Å². The second-order valence-corrected chi connectivity index (χ2v) is 5.22. The molecule has 5 nitrogen and oxygen atoms in total. The Balaban J connectivity index is 2.04. The molecule has 2 amide bonds. The van der Waals surface area contributed by atoms with Crippen LogP contribution in [0, 0.1) is 0 Å². The number of nitrogens with two attached hydrogens (primary N) is 1. The van der Waals surface area contributed by atoms with Crippen molar-refractivity contribution in [2.24, 2.45) is 5.73 Å². The van der Waals surface area contributed by atoms with Crippen LogP contribution in [0.1, 0.15) is 5.01 Å². The van der Waals surface area contributed by atoms with Crippen molar-refractivity contribution < 1.29 is 4.79 Å². The van der Waals surface area contributed by atoms with E-state index in [1.165, 1.54) is 0 Å². The maximum atomic E-state index is 12.0. The Labute approximate surface area is 104 Å². The zero-order chi connectivity index (χ0) is 12.0. The molecule has 2 bridgehead atoms. The fraction of sp³-hybridized carbons (Fsp3) is 0.455. The van der Waals surface area contributed by atoms with Crippen LogP contribution in [0.25, 0.3) is 5.57 Å². The first-order chi connectivity index (χ1) is 8.22. The normalized spacial score (nSPS) is 27.6. The number of likely N-dealkylation sites (N-methyl/N-ethyl adjacent to an activating group) is 1. The lowest BCUT2D eigenvalue weighted by Crippen LogP contribution is -2.44. The standard InChI is InChI=1S/C11H14N4OS/c1-14-7-4-8(10-13-2-3-17-10)9(5-12)15(6-7)11(14)16/h2-4,7,9H,5-6,12H2,1H3/t7-,9-/m1/s1. The number of urea groups is 1. The third-order valence-electron chi connectivity index (χ3n) is 3.44. The summed E-state index contributed by atoms with van der Waals surface area (Å²) in [5, 5.41) is 2.92. The molecule has 2 aliphatic rings. The molecule has 2 N–H and O–H groups in total. The molecular weight excluding hydrogens is 236 g/mol. The van der Waals surface area contributed by atoms with E-state index in [9.17, 15) is 4.79 Å². The Bertz CT molecular complexity index is 470. The summed E-state index contributed by atoms with van der Waals surface area (Å²) >= 11 is 1.59. The van der Waals surface area contributed by atoms with E-state index in [2.05, 4.69) is 11.1 Å². The number of carbonyl (C=O) groups excluding carboxylic acids is 1. The van der Waals surface area contributed by atoms with Gasteiger partial charge in [-0.1, -0.05) is 6.08 Å². The van der Waals surface area contributed by atoms with E-state index < -0.39 is 0 Å². The van der Waals surface area contributed by atoms with Gasteiger partial charge >= 0.3 is 6.03 Å². The first-order valence-electron chi connectivity index (χ1n) is 5.57. The minimum absolute atomic E-state index is 0.0325. The summed E-state index contributed by atoms with van der Waals surface area (Å²) < 4.78 is 0. The van der Waals surface area contributed by atoms with Crippen LogP contribution < -0.4 is 5.73 Å². The molecule has 0 saturated carbocycles. The molecule has 1 aromatic rings. The Hall–Kier alpha value is -1.40. The Morgan fingerprint density at radius 2 is 2.47 bits per heavy atom. The molecule has 1 fully saturated rings. The van der Waals surface area contributed by atoms with E-state index in [-0.39, 0.29) is 18.1 Å².